The van der Waals surface area contributed by atoms with Gasteiger partial charge in [0.1, 0.15) is 17.4 Å². The zero-order valence-corrected chi connectivity index (χ0v) is 14.7. The predicted octanol–water partition coefficient (Wildman–Crippen LogP) is 2.47. The lowest BCUT2D eigenvalue weighted by molar-refractivity contribution is -0.127. The van der Waals surface area contributed by atoms with E-state index in [2.05, 4.69) is 20.2 Å². The number of amides is 1. The lowest BCUT2D eigenvalue weighted by Crippen LogP contribution is -2.36. The molecule has 0 saturated carbocycles. The maximum Gasteiger partial charge on any atom is 0.261 e. The molecule has 0 radical (unpaired) electrons. The van der Waals surface area contributed by atoms with E-state index in [1.165, 1.54) is 12.8 Å². The number of nitrogens with zero attached hydrogens (tertiary/aromatic N) is 3. The number of carbonyl (C=O) groups excluding carboxylic acids is 1. The fraction of sp³-hybridized carbons (Fsp3) is 0.421. The molecule has 1 aliphatic rings. The van der Waals surface area contributed by atoms with Gasteiger partial charge < -0.3 is 15.0 Å². The number of carbonyl (C=O) groups is 1. The predicted molar refractivity (Wildman–Crippen MR) is 96.6 cm³/mol. The third-order valence-corrected chi connectivity index (χ3v) is 4.16. The second-order valence-corrected chi connectivity index (χ2v) is 6.27. The fourth-order valence-electron chi connectivity index (χ4n) is 2.87. The molecule has 0 spiro atoms. The van der Waals surface area contributed by atoms with Crippen LogP contribution in [0.4, 0.5) is 5.82 Å². The van der Waals surface area contributed by atoms with E-state index in [1.54, 1.807) is 6.92 Å². The monoisotopic (exact) mass is 340 g/mol. The standard InChI is InChI=1S/C19H24N4O2/c1-14-12-18(23-10-6-7-11-23)22-17(21-14)13-20-19(24)15(2)25-16-8-4-3-5-9-16/h3-5,8-9,12,15H,6-7,10-11,13H2,1-2H3,(H,20,24). The fourth-order valence-corrected chi connectivity index (χ4v) is 2.87. The molecule has 3 rings (SSSR count). The molecule has 1 atom stereocenters. The summed E-state index contributed by atoms with van der Waals surface area (Å²) < 4.78 is 5.63. The van der Waals surface area contributed by atoms with E-state index in [4.69, 9.17) is 4.74 Å². The number of hydrogen-bond acceptors (Lipinski definition) is 5. The molecule has 0 bridgehead atoms. The molecule has 6 nitrogen and oxygen atoms in total. The van der Waals surface area contributed by atoms with Crippen LogP contribution >= 0.6 is 0 Å². The Morgan fingerprint density at radius 2 is 1.96 bits per heavy atom. The first-order chi connectivity index (χ1) is 12.1. The number of anilines is 1. The topological polar surface area (TPSA) is 67.4 Å². The van der Waals surface area contributed by atoms with Crippen molar-refractivity contribution in [2.45, 2.75) is 39.3 Å². The summed E-state index contributed by atoms with van der Waals surface area (Å²) in [7, 11) is 0. The number of para-hydroxylation sites is 1. The third-order valence-electron chi connectivity index (χ3n) is 4.16. The highest BCUT2D eigenvalue weighted by Crippen LogP contribution is 2.18. The number of aryl methyl sites for hydroxylation is 1. The van der Waals surface area contributed by atoms with Crippen molar-refractivity contribution in [2.75, 3.05) is 18.0 Å². The quantitative estimate of drug-likeness (QED) is 0.875. The van der Waals surface area contributed by atoms with Gasteiger partial charge in [0.25, 0.3) is 5.91 Å². The minimum Gasteiger partial charge on any atom is -0.481 e. The normalized spacial score (nSPS) is 15.0. The molecule has 1 aromatic heterocycles. The van der Waals surface area contributed by atoms with Crippen LogP contribution in [0, 0.1) is 6.92 Å². The number of rotatable bonds is 6. The Morgan fingerprint density at radius 1 is 1.24 bits per heavy atom. The summed E-state index contributed by atoms with van der Waals surface area (Å²) >= 11 is 0. The van der Waals surface area contributed by atoms with Crippen molar-refractivity contribution < 1.29 is 9.53 Å². The van der Waals surface area contributed by atoms with Gasteiger partial charge in [0.15, 0.2) is 6.10 Å². The van der Waals surface area contributed by atoms with Crippen LogP contribution < -0.4 is 15.0 Å². The number of hydrogen-bond donors (Lipinski definition) is 1. The molecule has 1 aliphatic heterocycles. The molecular weight excluding hydrogens is 316 g/mol. The Morgan fingerprint density at radius 3 is 2.68 bits per heavy atom. The van der Waals surface area contributed by atoms with Gasteiger partial charge in [0, 0.05) is 24.8 Å². The van der Waals surface area contributed by atoms with E-state index < -0.39 is 6.10 Å². The molecule has 1 aromatic carbocycles. The summed E-state index contributed by atoms with van der Waals surface area (Å²) in [6.45, 7) is 6.04. The highest BCUT2D eigenvalue weighted by molar-refractivity contribution is 5.80. The van der Waals surface area contributed by atoms with Gasteiger partial charge in [-0.1, -0.05) is 18.2 Å². The van der Waals surface area contributed by atoms with Crippen molar-refractivity contribution in [3.63, 3.8) is 0 Å². The molecule has 6 heteroatoms. The molecule has 1 unspecified atom stereocenters. The first-order valence-electron chi connectivity index (χ1n) is 8.71. The minimum atomic E-state index is -0.578. The molecule has 2 aromatic rings. The van der Waals surface area contributed by atoms with Crippen LogP contribution in [0.1, 0.15) is 31.3 Å². The van der Waals surface area contributed by atoms with Gasteiger partial charge in [-0.3, -0.25) is 4.79 Å². The first-order valence-corrected chi connectivity index (χ1v) is 8.71. The van der Waals surface area contributed by atoms with Crippen LogP contribution in [0.5, 0.6) is 5.75 Å². The minimum absolute atomic E-state index is 0.184. The Labute approximate surface area is 148 Å². The summed E-state index contributed by atoms with van der Waals surface area (Å²) in [6.07, 6.45) is 1.82. The largest absolute Gasteiger partial charge is 0.481 e. The van der Waals surface area contributed by atoms with Gasteiger partial charge in [-0.2, -0.15) is 0 Å². The van der Waals surface area contributed by atoms with Crippen LogP contribution in [-0.4, -0.2) is 35.1 Å². The summed E-state index contributed by atoms with van der Waals surface area (Å²) in [6, 6.07) is 11.3. The molecule has 2 heterocycles. The van der Waals surface area contributed by atoms with Crippen LogP contribution in [0.15, 0.2) is 36.4 Å². The van der Waals surface area contributed by atoms with E-state index in [-0.39, 0.29) is 5.91 Å². The van der Waals surface area contributed by atoms with Gasteiger partial charge in [0.2, 0.25) is 0 Å². The smallest absolute Gasteiger partial charge is 0.261 e. The van der Waals surface area contributed by atoms with Crippen molar-refractivity contribution in [2.24, 2.45) is 0 Å². The van der Waals surface area contributed by atoms with Gasteiger partial charge in [-0.25, -0.2) is 9.97 Å². The summed E-state index contributed by atoms with van der Waals surface area (Å²) in [5, 5.41) is 2.86. The first kappa shape index (κ1) is 17.2. The number of aromatic nitrogens is 2. The van der Waals surface area contributed by atoms with E-state index in [1.807, 2.05) is 43.3 Å². The Balaban J connectivity index is 1.58. The average Bonchev–Trinajstić information content (AvgIpc) is 3.15. The van der Waals surface area contributed by atoms with Gasteiger partial charge in [-0.05, 0) is 38.8 Å². The Kier molecular flexibility index (Phi) is 5.48. The molecule has 1 N–H and O–H groups in total. The third kappa shape index (κ3) is 4.68. The van der Waals surface area contributed by atoms with Crippen LogP contribution in [0.25, 0.3) is 0 Å². The van der Waals surface area contributed by atoms with Crippen LogP contribution in [0.2, 0.25) is 0 Å². The summed E-state index contributed by atoms with van der Waals surface area (Å²) in [4.78, 5) is 23.5. The van der Waals surface area contributed by atoms with Gasteiger partial charge in [0.05, 0.1) is 6.54 Å². The summed E-state index contributed by atoms with van der Waals surface area (Å²) in [5.74, 6) is 2.06. The highest BCUT2D eigenvalue weighted by atomic mass is 16.5. The lowest BCUT2D eigenvalue weighted by Gasteiger charge is -2.18. The molecular formula is C19H24N4O2. The zero-order valence-electron chi connectivity index (χ0n) is 14.7. The van der Waals surface area contributed by atoms with Crippen molar-refractivity contribution in [3.05, 3.63) is 47.9 Å². The van der Waals surface area contributed by atoms with Crippen molar-refractivity contribution >= 4 is 11.7 Å². The number of nitrogens with one attached hydrogen (secondary N) is 1. The van der Waals surface area contributed by atoms with E-state index in [9.17, 15) is 4.79 Å². The maximum atomic E-state index is 12.2. The SMILES string of the molecule is Cc1cc(N2CCCC2)nc(CNC(=O)C(C)Oc2ccccc2)n1. The van der Waals surface area contributed by atoms with Crippen molar-refractivity contribution in [1.29, 1.82) is 0 Å². The number of ether oxygens (including phenoxy) is 1. The molecule has 132 valence electrons. The second kappa shape index (κ2) is 7.96. The highest BCUT2D eigenvalue weighted by Gasteiger charge is 2.17. The molecule has 1 amide bonds. The Hall–Kier alpha value is -2.63. The lowest BCUT2D eigenvalue weighted by atomic mass is 10.3. The maximum absolute atomic E-state index is 12.2. The van der Waals surface area contributed by atoms with E-state index in [0.717, 1.165) is 24.6 Å². The molecule has 1 fully saturated rings. The van der Waals surface area contributed by atoms with Gasteiger partial charge in [-0.15, -0.1) is 0 Å². The van der Waals surface area contributed by atoms with Crippen LogP contribution in [0.3, 0.4) is 0 Å². The van der Waals surface area contributed by atoms with E-state index in [0.29, 0.717) is 18.1 Å². The van der Waals surface area contributed by atoms with Crippen molar-refractivity contribution in [3.8, 4) is 5.75 Å². The zero-order chi connectivity index (χ0) is 17.6. The Bertz CT molecular complexity index is 715. The number of benzene rings is 1. The molecule has 0 aliphatic carbocycles. The van der Waals surface area contributed by atoms with Gasteiger partial charge >= 0.3 is 0 Å². The average molecular weight is 340 g/mol. The van der Waals surface area contributed by atoms with Crippen molar-refractivity contribution in [1.82, 2.24) is 15.3 Å². The molecule has 25 heavy (non-hydrogen) atoms. The van der Waals surface area contributed by atoms with E-state index >= 15 is 0 Å². The van der Waals surface area contributed by atoms with Crippen LogP contribution in [-0.2, 0) is 11.3 Å². The second-order valence-electron chi connectivity index (χ2n) is 6.27. The summed E-state index contributed by atoms with van der Waals surface area (Å²) in [5.41, 5.74) is 0.912. The molecule has 1 saturated heterocycles.